The molecule has 2 rings (SSSR count). The summed E-state index contributed by atoms with van der Waals surface area (Å²) in [6, 6.07) is 4.90. The van der Waals surface area contributed by atoms with E-state index in [0.29, 0.717) is 28.0 Å². The number of hydrogen-bond acceptors (Lipinski definition) is 5. The van der Waals surface area contributed by atoms with Crippen molar-refractivity contribution in [2.45, 2.75) is 13.3 Å². The number of nitrogens with zero attached hydrogens (tertiary/aromatic N) is 4. The molecule has 8 heteroatoms. The molecule has 0 spiro atoms. The molecule has 0 unspecified atom stereocenters. The first-order valence-corrected chi connectivity index (χ1v) is 6.63. The third kappa shape index (κ3) is 2.77. The molecule has 2 aromatic rings. The van der Waals surface area contributed by atoms with E-state index in [0.717, 1.165) is 0 Å². The van der Waals surface area contributed by atoms with E-state index in [9.17, 15) is 4.79 Å². The van der Waals surface area contributed by atoms with Gasteiger partial charge in [-0.2, -0.15) is 9.97 Å². The SMILES string of the molecule is CCc1nc(N(C)N)nc(=O)n1-c1ccc(Cl)c(Cl)c1. The molecule has 0 aliphatic heterocycles. The average Bonchev–Trinajstić information content (AvgIpc) is 2.41. The van der Waals surface area contributed by atoms with Crippen molar-refractivity contribution in [2.24, 2.45) is 5.84 Å². The fourth-order valence-electron chi connectivity index (χ4n) is 1.71. The van der Waals surface area contributed by atoms with Gasteiger partial charge >= 0.3 is 5.69 Å². The number of hydrazine groups is 1. The number of benzene rings is 1. The normalized spacial score (nSPS) is 10.7. The van der Waals surface area contributed by atoms with Gasteiger partial charge in [-0.15, -0.1) is 0 Å². The Bertz CT molecular complexity index is 699. The molecule has 0 atom stereocenters. The van der Waals surface area contributed by atoms with E-state index < -0.39 is 5.69 Å². The summed E-state index contributed by atoms with van der Waals surface area (Å²) in [6.07, 6.45) is 0.541. The van der Waals surface area contributed by atoms with Crippen LogP contribution in [0.3, 0.4) is 0 Å². The third-order valence-electron chi connectivity index (χ3n) is 2.67. The van der Waals surface area contributed by atoms with Crippen molar-refractivity contribution in [3.8, 4) is 5.69 Å². The monoisotopic (exact) mass is 313 g/mol. The molecular weight excluding hydrogens is 301 g/mol. The average molecular weight is 314 g/mol. The van der Waals surface area contributed by atoms with Crippen LogP contribution in [-0.4, -0.2) is 21.6 Å². The van der Waals surface area contributed by atoms with E-state index in [4.69, 9.17) is 29.0 Å². The Morgan fingerprint density at radius 2 is 2.00 bits per heavy atom. The molecule has 6 nitrogen and oxygen atoms in total. The zero-order valence-corrected chi connectivity index (χ0v) is 12.5. The molecule has 0 amide bonds. The summed E-state index contributed by atoms with van der Waals surface area (Å²) < 4.78 is 1.38. The molecule has 0 saturated heterocycles. The van der Waals surface area contributed by atoms with Gasteiger partial charge in [0.2, 0.25) is 5.95 Å². The van der Waals surface area contributed by atoms with Crippen molar-refractivity contribution in [2.75, 3.05) is 12.1 Å². The van der Waals surface area contributed by atoms with Gasteiger partial charge in [0.1, 0.15) is 5.82 Å². The molecule has 20 heavy (non-hydrogen) atoms. The van der Waals surface area contributed by atoms with Crippen molar-refractivity contribution < 1.29 is 0 Å². The summed E-state index contributed by atoms with van der Waals surface area (Å²) in [5, 5.41) is 1.97. The maximum absolute atomic E-state index is 12.2. The van der Waals surface area contributed by atoms with Crippen LogP contribution in [-0.2, 0) is 6.42 Å². The zero-order chi connectivity index (χ0) is 14.9. The van der Waals surface area contributed by atoms with Crippen molar-refractivity contribution in [1.29, 1.82) is 0 Å². The van der Waals surface area contributed by atoms with Gasteiger partial charge in [-0.05, 0) is 18.2 Å². The third-order valence-corrected chi connectivity index (χ3v) is 3.41. The predicted molar refractivity (Wildman–Crippen MR) is 79.6 cm³/mol. The molecule has 0 radical (unpaired) electrons. The molecular formula is C12H13Cl2N5O. The number of halogens is 2. The minimum Gasteiger partial charge on any atom is -0.282 e. The van der Waals surface area contributed by atoms with Gasteiger partial charge in [-0.1, -0.05) is 30.1 Å². The lowest BCUT2D eigenvalue weighted by molar-refractivity contribution is 0.749. The van der Waals surface area contributed by atoms with Crippen LogP contribution in [0.2, 0.25) is 10.0 Å². The summed E-state index contributed by atoms with van der Waals surface area (Å²) in [5.41, 5.74) is 0.0926. The summed E-state index contributed by atoms with van der Waals surface area (Å²) >= 11 is 11.9. The Hall–Kier alpha value is -1.63. The molecule has 1 heterocycles. The van der Waals surface area contributed by atoms with Gasteiger partial charge in [-0.25, -0.2) is 15.2 Å². The lowest BCUT2D eigenvalue weighted by atomic mass is 10.3. The van der Waals surface area contributed by atoms with Crippen LogP contribution >= 0.6 is 23.2 Å². The Balaban J connectivity index is 2.67. The molecule has 0 aliphatic rings. The van der Waals surface area contributed by atoms with Crippen molar-refractivity contribution >= 4 is 29.2 Å². The molecule has 1 aromatic heterocycles. The number of nitrogens with two attached hydrogens (primary N) is 1. The topological polar surface area (TPSA) is 77.0 Å². The lowest BCUT2D eigenvalue weighted by Gasteiger charge is -2.15. The molecule has 0 fully saturated rings. The quantitative estimate of drug-likeness (QED) is 0.690. The Morgan fingerprint density at radius 1 is 1.30 bits per heavy atom. The Morgan fingerprint density at radius 3 is 2.55 bits per heavy atom. The van der Waals surface area contributed by atoms with Crippen molar-refractivity contribution in [3.63, 3.8) is 0 Å². The van der Waals surface area contributed by atoms with E-state index >= 15 is 0 Å². The molecule has 106 valence electrons. The predicted octanol–water partition coefficient (Wildman–Crippen LogP) is 1.81. The largest absolute Gasteiger partial charge is 0.356 e. The number of hydrogen-bond donors (Lipinski definition) is 1. The minimum absolute atomic E-state index is 0.170. The Kier molecular flexibility index (Phi) is 4.27. The van der Waals surface area contributed by atoms with Gasteiger partial charge in [0.15, 0.2) is 0 Å². The van der Waals surface area contributed by atoms with E-state index in [1.54, 1.807) is 25.2 Å². The van der Waals surface area contributed by atoms with Crippen LogP contribution in [0.25, 0.3) is 5.69 Å². The van der Waals surface area contributed by atoms with Crippen LogP contribution in [0.1, 0.15) is 12.7 Å². The first kappa shape index (κ1) is 14.8. The summed E-state index contributed by atoms with van der Waals surface area (Å²) in [4.78, 5) is 20.3. The minimum atomic E-state index is -0.470. The highest BCUT2D eigenvalue weighted by atomic mass is 35.5. The molecule has 0 bridgehead atoms. The molecule has 0 saturated carbocycles. The summed E-state index contributed by atoms with van der Waals surface area (Å²) in [5.74, 6) is 6.27. The fourth-order valence-corrected chi connectivity index (χ4v) is 2.01. The first-order chi connectivity index (χ1) is 9.43. The number of rotatable bonds is 3. The lowest BCUT2D eigenvalue weighted by Crippen LogP contribution is -2.34. The van der Waals surface area contributed by atoms with Crippen LogP contribution in [0.15, 0.2) is 23.0 Å². The highest BCUT2D eigenvalue weighted by Gasteiger charge is 2.13. The number of aryl methyl sites for hydroxylation is 1. The van der Waals surface area contributed by atoms with E-state index in [2.05, 4.69) is 9.97 Å². The second kappa shape index (κ2) is 5.78. The zero-order valence-electron chi connectivity index (χ0n) is 11.0. The van der Waals surface area contributed by atoms with Gasteiger partial charge in [-0.3, -0.25) is 5.01 Å². The number of anilines is 1. The van der Waals surface area contributed by atoms with Gasteiger partial charge in [0.25, 0.3) is 0 Å². The van der Waals surface area contributed by atoms with Gasteiger partial charge in [0, 0.05) is 13.5 Å². The van der Waals surface area contributed by atoms with Gasteiger partial charge < -0.3 is 0 Å². The van der Waals surface area contributed by atoms with E-state index in [1.807, 2.05) is 6.92 Å². The molecule has 1 aromatic carbocycles. The van der Waals surface area contributed by atoms with Crippen molar-refractivity contribution in [3.05, 3.63) is 44.6 Å². The van der Waals surface area contributed by atoms with E-state index in [1.165, 1.54) is 9.58 Å². The van der Waals surface area contributed by atoms with Crippen LogP contribution in [0, 0.1) is 0 Å². The second-order valence-corrected chi connectivity index (χ2v) is 4.94. The molecule has 2 N–H and O–H groups in total. The van der Waals surface area contributed by atoms with Crippen LogP contribution in [0.5, 0.6) is 0 Å². The highest BCUT2D eigenvalue weighted by molar-refractivity contribution is 6.42. The number of aromatic nitrogens is 3. The summed E-state index contributed by atoms with van der Waals surface area (Å²) in [6.45, 7) is 1.89. The van der Waals surface area contributed by atoms with E-state index in [-0.39, 0.29) is 5.95 Å². The fraction of sp³-hybridized carbons (Fsp3) is 0.250. The second-order valence-electron chi connectivity index (χ2n) is 4.12. The Labute approximate surface area is 125 Å². The molecule has 0 aliphatic carbocycles. The van der Waals surface area contributed by atoms with Crippen molar-refractivity contribution in [1.82, 2.24) is 14.5 Å². The van der Waals surface area contributed by atoms with Crippen LogP contribution < -0.4 is 16.5 Å². The van der Waals surface area contributed by atoms with Crippen LogP contribution in [0.4, 0.5) is 5.95 Å². The van der Waals surface area contributed by atoms with Gasteiger partial charge in [0.05, 0.1) is 15.7 Å². The smallest absolute Gasteiger partial charge is 0.282 e. The maximum Gasteiger partial charge on any atom is 0.356 e. The first-order valence-electron chi connectivity index (χ1n) is 5.88. The highest BCUT2D eigenvalue weighted by Crippen LogP contribution is 2.24. The summed E-state index contributed by atoms with van der Waals surface area (Å²) in [7, 11) is 1.57. The maximum atomic E-state index is 12.2. The standard InChI is InChI=1S/C12H13Cl2N5O/c1-3-10-16-11(18(2)15)17-12(20)19(10)7-4-5-8(13)9(14)6-7/h4-6H,3,15H2,1-2H3.